The minimum atomic E-state index is -0.810. The number of amides is 2. The summed E-state index contributed by atoms with van der Waals surface area (Å²) in [5.41, 5.74) is 0. The number of aliphatic carboxylic acids is 1. The zero-order chi connectivity index (χ0) is 14.5. The van der Waals surface area contributed by atoms with Crippen molar-refractivity contribution in [3.05, 3.63) is 0 Å². The number of hydrogen-bond donors (Lipinski definition) is 3. The van der Waals surface area contributed by atoms with E-state index in [0.29, 0.717) is 13.0 Å². The third kappa shape index (κ3) is 4.10. The van der Waals surface area contributed by atoms with Gasteiger partial charge in [-0.15, -0.1) is 0 Å². The van der Waals surface area contributed by atoms with Gasteiger partial charge in [-0.25, -0.2) is 4.79 Å². The molecule has 1 aliphatic carbocycles. The second-order valence-electron chi connectivity index (χ2n) is 5.86. The average molecular weight is 284 g/mol. The molecule has 6 nitrogen and oxygen atoms in total. The van der Waals surface area contributed by atoms with Crippen molar-refractivity contribution in [3.8, 4) is 0 Å². The van der Waals surface area contributed by atoms with Gasteiger partial charge in [0.2, 0.25) is 0 Å². The Balaban J connectivity index is 1.82. The van der Waals surface area contributed by atoms with Gasteiger partial charge in [0, 0.05) is 18.7 Å². The summed E-state index contributed by atoms with van der Waals surface area (Å²) in [7, 11) is 0. The van der Waals surface area contributed by atoms with Crippen LogP contribution in [0.4, 0.5) is 4.79 Å². The number of carboxylic acid groups (broad SMARTS) is 1. The summed E-state index contributed by atoms with van der Waals surface area (Å²) in [6.07, 6.45) is 5.07. The maximum Gasteiger partial charge on any atom is 0.315 e. The van der Waals surface area contributed by atoms with E-state index in [0.717, 1.165) is 32.1 Å². The van der Waals surface area contributed by atoms with Gasteiger partial charge in [0.1, 0.15) is 0 Å². The second kappa shape index (κ2) is 6.92. The number of carbonyl (C=O) groups excluding carboxylic acids is 1. The lowest BCUT2D eigenvalue weighted by molar-refractivity contribution is -0.143. The lowest BCUT2D eigenvalue weighted by Crippen LogP contribution is -2.52. The first-order valence-electron chi connectivity index (χ1n) is 7.47. The Morgan fingerprint density at radius 3 is 2.60 bits per heavy atom. The van der Waals surface area contributed by atoms with E-state index in [-0.39, 0.29) is 24.2 Å². The highest BCUT2D eigenvalue weighted by Crippen LogP contribution is 2.24. The van der Waals surface area contributed by atoms with Crippen LogP contribution >= 0.6 is 0 Å². The summed E-state index contributed by atoms with van der Waals surface area (Å²) in [5, 5.41) is 15.0. The van der Waals surface area contributed by atoms with Crippen molar-refractivity contribution in [1.29, 1.82) is 0 Å². The summed E-state index contributed by atoms with van der Waals surface area (Å²) in [4.78, 5) is 23.2. The van der Waals surface area contributed by atoms with Crippen LogP contribution < -0.4 is 10.6 Å². The Bertz CT molecular complexity index is 361. The van der Waals surface area contributed by atoms with E-state index in [1.165, 1.54) is 0 Å². The first-order valence-corrected chi connectivity index (χ1v) is 7.47. The Hall–Kier alpha value is -1.30. The molecule has 0 aromatic rings. The van der Waals surface area contributed by atoms with Crippen LogP contribution in [0.5, 0.6) is 0 Å². The van der Waals surface area contributed by atoms with Crippen LogP contribution in [0.3, 0.4) is 0 Å². The van der Waals surface area contributed by atoms with Gasteiger partial charge in [-0.1, -0.05) is 12.8 Å². The molecule has 1 aliphatic heterocycles. The van der Waals surface area contributed by atoms with Crippen LogP contribution in [0.2, 0.25) is 0 Å². The van der Waals surface area contributed by atoms with Crippen molar-refractivity contribution >= 4 is 12.0 Å². The SMILES string of the molecule is CC1CC(NC(=O)NC2CCCCC2C(=O)O)CCO1. The van der Waals surface area contributed by atoms with Crippen molar-refractivity contribution in [1.82, 2.24) is 10.6 Å². The summed E-state index contributed by atoms with van der Waals surface area (Å²) in [6.45, 7) is 2.65. The molecule has 0 aromatic heterocycles. The van der Waals surface area contributed by atoms with Crippen LogP contribution in [0.15, 0.2) is 0 Å². The van der Waals surface area contributed by atoms with Crippen LogP contribution in [0, 0.1) is 5.92 Å². The molecular formula is C14H24N2O4. The topological polar surface area (TPSA) is 87.7 Å². The van der Waals surface area contributed by atoms with Crippen molar-refractivity contribution in [2.24, 2.45) is 5.92 Å². The van der Waals surface area contributed by atoms with Crippen LogP contribution in [-0.4, -0.2) is 41.9 Å². The van der Waals surface area contributed by atoms with Gasteiger partial charge in [-0.05, 0) is 32.6 Å². The van der Waals surface area contributed by atoms with Gasteiger partial charge < -0.3 is 20.5 Å². The maximum absolute atomic E-state index is 12.0. The molecule has 114 valence electrons. The molecule has 0 bridgehead atoms. The Kier molecular flexibility index (Phi) is 5.23. The van der Waals surface area contributed by atoms with Gasteiger partial charge in [0.25, 0.3) is 0 Å². The van der Waals surface area contributed by atoms with Gasteiger partial charge >= 0.3 is 12.0 Å². The number of hydrogen-bond acceptors (Lipinski definition) is 3. The molecule has 0 spiro atoms. The quantitative estimate of drug-likeness (QED) is 0.733. The number of ether oxygens (including phenoxy) is 1. The molecule has 20 heavy (non-hydrogen) atoms. The molecule has 4 unspecified atom stereocenters. The van der Waals surface area contributed by atoms with Gasteiger partial charge in [0.15, 0.2) is 0 Å². The van der Waals surface area contributed by atoms with E-state index in [1.54, 1.807) is 0 Å². The number of rotatable bonds is 3. The minimum Gasteiger partial charge on any atom is -0.481 e. The number of nitrogens with one attached hydrogen (secondary N) is 2. The maximum atomic E-state index is 12.0. The molecule has 3 N–H and O–H groups in total. The lowest BCUT2D eigenvalue weighted by Gasteiger charge is -2.31. The highest BCUT2D eigenvalue weighted by molar-refractivity contribution is 5.77. The number of urea groups is 1. The van der Waals surface area contributed by atoms with E-state index in [1.807, 2.05) is 6.92 Å². The molecule has 2 rings (SSSR count). The number of carbonyl (C=O) groups is 2. The monoisotopic (exact) mass is 284 g/mol. The third-order valence-corrected chi connectivity index (χ3v) is 4.22. The first-order chi connectivity index (χ1) is 9.56. The van der Waals surface area contributed by atoms with Crippen LogP contribution in [0.1, 0.15) is 45.4 Å². The van der Waals surface area contributed by atoms with Gasteiger partial charge in [-0.2, -0.15) is 0 Å². The van der Waals surface area contributed by atoms with Crippen LogP contribution in [-0.2, 0) is 9.53 Å². The Morgan fingerprint density at radius 2 is 1.90 bits per heavy atom. The fourth-order valence-electron chi connectivity index (χ4n) is 3.12. The van der Waals surface area contributed by atoms with E-state index >= 15 is 0 Å². The number of carboxylic acids is 1. The molecular weight excluding hydrogens is 260 g/mol. The van der Waals surface area contributed by atoms with Crippen molar-refractivity contribution < 1.29 is 19.4 Å². The van der Waals surface area contributed by atoms with Gasteiger partial charge in [0.05, 0.1) is 12.0 Å². The summed E-state index contributed by atoms with van der Waals surface area (Å²) in [6, 6.07) is -0.383. The Labute approximate surface area is 119 Å². The zero-order valence-corrected chi connectivity index (χ0v) is 11.9. The van der Waals surface area contributed by atoms with Crippen LogP contribution in [0.25, 0.3) is 0 Å². The van der Waals surface area contributed by atoms with E-state index in [9.17, 15) is 14.7 Å². The lowest BCUT2D eigenvalue weighted by atomic mass is 9.84. The minimum absolute atomic E-state index is 0.116. The predicted octanol–water partition coefficient (Wildman–Crippen LogP) is 1.50. The smallest absolute Gasteiger partial charge is 0.315 e. The third-order valence-electron chi connectivity index (χ3n) is 4.22. The molecule has 0 radical (unpaired) electrons. The molecule has 1 saturated heterocycles. The van der Waals surface area contributed by atoms with E-state index < -0.39 is 11.9 Å². The molecule has 4 atom stereocenters. The highest BCUT2D eigenvalue weighted by atomic mass is 16.5. The molecule has 0 aromatic carbocycles. The molecule has 2 fully saturated rings. The first kappa shape index (κ1) is 15.1. The molecule has 2 aliphatic rings. The fourth-order valence-corrected chi connectivity index (χ4v) is 3.12. The van der Waals surface area contributed by atoms with E-state index in [4.69, 9.17) is 4.74 Å². The second-order valence-corrected chi connectivity index (χ2v) is 5.86. The predicted molar refractivity (Wildman–Crippen MR) is 73.5 cm³/mol. The molecule has 2 amide bonds. The zero-order valence-electron chi connectivity index (χ0n) is 11.9. The summed E-state index contributed by atoms with van der Waals surface area (Å²) in [5.74, 6) is -1.27. The standard InChI is InChI=1S/C14H24N2O4/c1-9-8-10(6-7-20-9)15-14(19)16-12-5-3-2-4-11(12)13(17)18/h9-12H,2-8H2,1H3,(H,17,18)(H2,15,16,19). The van der Waals surface area contributed by atoms with Crippen molar-refractivity contribution in [2.75, 3.05) is 6.61 Å². The summed E-state index contributed by atoms with van der Waals surface area (Å²) >= 11 is 0. The average Bonchev–Trinajstić information content (AvgIpc) is 2.38. The Morgan fingerprint density at radius 1 is 1.15 bits per heavy atom. The fraction of sp³-hybridized carbons (Fsp3) is 0.857. The normalized spacial score (nSPS) is 34.2. The molecule has 1 saturated carbocycles. The van der Waals surface area contributed by atoms with Crippen molar-refractivity contribution in [2.45, 2.75) is 63.6 Å². The summed E-state index contributed by atoms with van der Waals surface area (Å²) < 4.78 is 5.44. The van der Waals surface area contributed by atoms with E-state index in [2.05, 4.69) is 10.6 Å². The molecule has 6 heteroatoms. The van der Waals surface area contributed by atoms with Gasteiger partial charge in [-0.3, -0.25) is 4.79 Å². The largest absolute Gasteiger partial charge is 0.481 e. The molecule has 1 heterocycles. The van der Waals surface area contributed by atoms with Crippen molar-refractivity contribution in [3.63, 3.8) is 0 Å². The highest BCUT2D eigenvalue weighted by Gasteiger charge is 2.32.